The molecule has 0 saturated carbocycles. The average Bonchev–Trinajstić information content (AvgIpc) is 3.38. The highest BCUT2D eigenvalue weighted by Gasteiger charge is 2.50. The molecule has 3 N–H and O–H groups in total. The second-order valence-corrected chi connectivity index (χ2v) is 12.5. The van der Waals surface area contributed by atoms with Gasteiger partial charge in [0.05, 0.1) is 24.7 Å². The lowest BCUT2D eigenvalue weighted by molar-refractivity contribution is 0.0860. The summed E-state index contributed by atoms with van der Waals surface area (Å²) in [6, 6.07) is 18.5. The summed E-state index contributed by atoms with van der Waals surface area (Å²) >= 11 is 0. The Labute approximate surface area is 237 Å². The molecule has 2 aliphatic rings. The smallest absolute Gasteiger partial charge is 0.322 e. The molecule has 3 heterocycles. The fourth-order valence-electron chi connectivity index (χ4n) is 6.25. The van der Waals surface area contributed by atoms with E-state index in [9.17, 15) is 22.7 Å². The van der Waals surface area contributed by atoms with E-state index in [1.54, 1.807) is 42.3 Å². The largest absolute Gasteiger partial charge is 0.497 e. The molecule has 1 saturated heterocycles. The second-order valence-electron chi connectivity index (χ2n) is 10.6. The lowest BCUT2D eigenvalue weighted by atomic mass is 9.68. The van der Waals surface area contributed by atoms with Gasteiger partial charge in [-0.2, -0.15) is 4.31 Å². The summed E-state index contributed by atoms with van der Waals surface area (Å²) in [4.78, 5) is 18.9. The Kier molecular flexibility index (Phi) is 6.96. The van der Waals surface area contributed by atoms with Crippen molar-refractivity contribution in [3.63, 3.8) is 0 Å². The zero-order valence-corrected chi connectivity index (χ0v) is 23.3. The lowest BCUT2D eigenvalue weighted by Gasteiger charge is -2.49. The molecular formula is C30H31FN4O5S. The molecule has 3 aromatic carbocycles. The van der Waals surface area contributed by atoms with E-state index in [1.165, 1.54) is 28.6 Å². The van der Waals surface area contributed by atoms with Crippen LogP contribution >= 0.6 is 0 Å². The summed E-state index contributed by atoms with van der Waals surface area (Å²) in [6.07, 6.45) is 0.951. The van der Waals surface area contributed by atoms with Crippen LogP contribution in [0.15, 0.2) is 77.7 Å². The number of H-pyrrole nitrogens is 1. The van der Waals surface area contributed by atoms with E-state index in [4.69, 9.17) is 4.74 Å². The monoisotopic (exact) mass is 578 g/mol. The van der Waals surface area contributed by atoms with Gasteiger partial charge in [0.25, 0.3) is 0 Å². The van der Waals surface area contributed by atoms with Crippen molar-refractivity contribution in [3.8, 4) is 5.75 Å². The summed E-state index contributed by atoms with van der Waals surface area (Å²) in [7, 11) is -2.09. The van der Waals surface area contributed by atoms with E-state index >= 15 is 0 Å². The van der Waals surface area contributed by atoms with E-state index < -0.39 is 33.3 Å². The van der Waals surface area contributed by atoms with Gasteiger partial charge < -0.3 is 25.0 Å². The fraction of sp³-hybridized carbons (Fsp3) is 0.300. The van der Waals surface area contributed by atoms with Crippen LogP contribution in [0.1, 0.15) is 30.1 Å². The first-order valence-electron chi connectivity index (χ1n) is 13.4. The minimum absolute atomic E-state index is 0.250. The van der Waals surface area contributed by atoms with Gasteiger partial charge in [0.1, 0.15) is 11.6 Å². The molecule has 0 aliphatic carbocycles. The van der Waals surface area contributed by atoms with Gasteiger partial charge in [0.15, 0.2) is 0 Å². The predicted molar refractivity (Wildman–Crippen MR) is 153 cm³/mol. The number of anilines is 1. The molecule has 6 rings (SSSR count). The Morgan fingerprint density at radius 2 is 1.80 bits per heavy atom. The Hall–Kier alpha value is -3.93. The molecule has 1 fully saturated rings. The number of benzene rings is 3. The number of hydrogen-bond donors (Lipinski definition) is 3. The van der Waals surface area contributed by atoms with Gasteiger partial charge >= 0.3 is 6.03 Å². The molecule has 0 unspecified atom stereocenters. The molecule has 1 atom stereocenters. The molecule has 1 spiro atoms. The van der Waals surface area contributed by atoms with Gasteiger partial charge in [-0.3, -0.25) is 0 Å². The van der Waals surface area contributed by atoms with Crippen molar-refractivity contribution >= 4 is 32.6 Å². The summed E-state index contributed by atoms with van der Waals surface area (Å²) < 4.78 is 47.2. The van der Waals surface area contributed by atoms with Crippen molar-refractivity contribution in [2.75, 3.05) is 38.7 Å². The molecule has 0 bridgehead atoms. The number of halogens is 1. The second kappa shape index (κ2) is 10.5. The van der Waals surface area contributed by atoms with Crippen LogP contribution in [0.25, 0.3) is 10.9 Å². The molecule has 1 aromatic heterocycles. The molecule has 9 nitrogen and oxygen atoms in total. The Morgan fingerprint density at radius 3 is 2.46 bits per heavy atom. The third kappa shape index (κ3) is 4.73. The summed E-state index contributed by atoms with van der Waals surface area (Å²) in [5.41, 5.74) is 2.38. The molecule has 214 valence electrons. The van der Waals surface area contributed by atoms with E-state index in [0.717, 1.165) is 22.2 Å². The normalized spacial score (nSPS) is 18.8. The molecule has 11 heteroatoms. The number of rotatable bonds is 5. The molecule has 2 amide bonds. The molecule has 2 aliphatic heterocycles. The zero-order chi connectivity index (χ0) is 28.8. The van der Waals surface area contributed by atoms with E-state index in [2.05, 4.69) is 10.3 Å². The fourth-order valence-corrected chi connectivity index (χ4v) is 7.72. The number of nitrogens with one attached hydrogen (secondary N) is 2. The molecule has 4 aromatic rings. The van der Waals surface area contributed by atoms with Gasteiger partial charge in [0, 0.05) is 53.4 Å². The number of aliphatic hydroxyl groups excluding tert-OH is 1. The van der Waals surface area contributed by atoms with Crippen molar-refractivity contribution in [3.05, 3.63) is 89.9 Å². The number of sulfonamides is 1. The van der Waals surface area contributed by atoms with Crippen molar-refractivity contribution < 1.29 is 27.4 Å². The summed E-state index contributed by atoms with van der Waals surface area (Å²) in [5, 5.41) is 14.3. The quantitative estimate of drug-likeness (QED) is 0.320. The summed E-state index contributed by atoms with van der Waals surface area (Å²) in [6.45, 7) is 0.502. The van der Waals surface area contributed by atoms with Crippen LogP contribution < -0.4 is 10.1 Å². The average molecular weight is 579 g/mol. The minimum Gasteiger partial charge on any atom is -0.497 e. The number of carbonyl (C=O) groups excluding carboxylic acids is 1. The van der Waals surface area contributed by atoms with Crippen molar-refractivity contribution in [2.45, 2.75) is 29.2 Å². The first-order valence-corrected chi connectivity index (χ1v) is 14.9. The van der Waals surface area contributed by atoms with Crippen LogP contribution in [0.5, 0.6) is 5.75 Å². The van der Waals surface area contributed by atoms with Gasteiger partial charge in [-0.1, -0.05) is 18.2 Å². The number of urea groups is 1. The van der Waals surface area contributed by atoms with Crippen LogP contribution in [0.2, 0.25) is 0 Å². The number of ether oxygens (including phenoxy) is 1. The van der Waals surface area contributed by atoms with Gasteiger partial charge in [-0.15, -0.1) is 0 Å². The molecular weight excluding hydrogens is 547 g/mol. The molecule has 0 radical (unpaired) electrons. The van der Waals surface area contributed by atoms with Crippen LogP contribution in [-0.2, 0) is 15.4 Å². The Morgan fingerprint density at radius 1 is 1.10 bits per heavy atom. The first kappa shape index (κ1) is 27.3. The number of aromatic amines is 1. The number of nitrogens with zero attached hydrogens (tertiary/aromatic N) is 2. The van der Waals surface area contributed by atoms with Gasteiger partial charge in [0.2, 0.25) is 10.0 Å². The zero-order valence-electron chi connectivity index (χ0n) is 22.5. The lowest BCUT2D eigenvalue weighted by Crippen LogP contribution is -2.56. The number of aliphatic hydroxyl groups is 1. The Balaban J connectivity index is 1.39. The van der Waals surface area contributed by atoms with E-state index in [1.807, 2.05) is 18.2 Å². The van der Waals surface area contributed by atoms with Crippen LogP contribution in [0, 0.1) is 5.82 Å². The van der Waals surface area contributed by atoms with E-state index in [0.29, 0.717) is 24.3 Å². The number of hydrogen-bond acceptors (Lipinski definition) is 5. The Bertz CT molecular complexity index is 1680. The third-order valence-electron chi connectivity index (χ3n) is 8.34. The standard InChI is InChI=1S/C30H31FN4O5S/c1-40-22-11-12-24-25(17-22)33-28-26(18-36)35(29(37)32-21-9-7-20(31)8-10-21)19-30(27(24)28)13-15-34(16-14-30)41(38,39)23-5-3-2-4-6-23/h2-12,17,26,33,36H,13-16,18-19H2,1H3,(H,32,37)/t26-/m1/s1. The molecule has 41 heavy (non-hydrogen) atoms. The number of piperidine rings is 1. The predicted octanol–water partition coefficient (Wildman–Crippen LogP) is 4.62. The number of aromatic nitrogens is 1. The minimum atomic E-state index is -3.68. The SMILES string of the molecule is COc1ccc2c3c([nH]c2c1)[C@@H](CO)N(C(=O)Nc1ccc(F)cc1)CC31CCN(S(=O)(=O)c2ccccc2)CC1. The van der Waals surface area contributed by atoms with E-state index in [-0.39, 0.29) is 31.1 Å². The third-order valence-corrected chi connectivity index (χ3v) is 10.3. The summed E-state index contributed by atoms with van der Waals surface area (Å²) in [5.74, 6) is 0.254. The van der Waals surface area contributed by atoms with Crippen LogP contribution in [-0.4, -0.2) is 67.1 Å². The highest BCUT2D eigenvalue weighted by molar-refractivity contribution is 7.89. The number of amides is 2. The topological polar surface area (TPSA) is 115 Å². The van der Waals surface area contributed by atoms with Crippen molar-refractivity contribution in [1.29, 1.82) is 0 Å². The first-order chi connectivity index (χ1) is 19.8. The maximum Gasteiger partial charge on any atom is 0.322 e. The van der Waals surface area contributed by atoms with Crippen LogP contribution in [0.3, 0.4) is 0 Å². The van der Waals surface area contributed by atoms with Crippen molar-refractivity contribution in [1.82, 2.24) is 14.2 Å². The number of fused-ring (bicyclic) bond motifs is 4. The van der Waals surface area contributed by atoms with Crippen LogP contribution in [0.4, 0.5) is 14.9 Å². The maximum atomic E-state index is 13.7. The van der Waals surface area contributed by atoms with Gasteiger partial charge in [-0.05, 0) is 66.9 Å². The maximum absolute atomic E-state index is 13.7. The number of methoxy groups -OCH3 is 1. The van der Waals surface area contributed by atoms with Gasteiger partial charge in [-0.25, -0.2) is 17.6 Å². The highest BCUT2D eigenvalue weighted by atomic mass is 32.2. The highest BCUT2D eigenvalue weighted by Crippen LogP contribution is 2.49. The van der Waals surface area contributed by atoms with Crippen molar-refractivity contribution in [2.24, 2.45) is 0 Å². The number of carbonyl (C=O) groups is 1.